The van der Waals surface area contributed by atoms with E-state index >= 15 is 0 Å². The highest BCUT2D eigenvalue weighted by Crippen LogP contribution is 2.24. The van der Waals surface area contributed by atoms with Crippen molar-refractivity contribution in [1.29, 1.82) is 0 Å². The van der Waals surface area contributed by atoms with Crippen molar-refractivity contribution in [1.82, 2.24) is 10.1 Å². The molecule has 0 spiro atoms. The van der Waals surface area contributed by atoms with Crippen LogP contribution in [0.4, 0.5) is 0 Å². The normalized spacial score (nSPS) is 10.5. The molecule has 0 atom stereocenters. The lowest BCUT2D eigenvalue weighted by Gasteiger charge is -2.15. The summed E-state index contributed by atoms with van der Waals surface area (Å²) in [5.41, 5.74) is 2.24. The second-order valence-corrected chi connectivity index (χ2v) is 5.52. The van der Waals surface area contributed by atoms with E-state index in [1.165, 1.54) is 5.56 Å². The van der Waals surface area contributed by atoms with Crippen molar-refractivity contribution in [2.75, 3.05) is 20.2 Å². The van der Waals surface area contributed by atoms with Crippen molar-refractivity contribution in [3.63, 3.8) is 0 Å². The number of likely N-dealkylation sites (N-methyl/N-ethyl adjacent to an activating group) is 1. The topological polar surface area (TPSA) is 65.4 Å². The van der Waals surface area contributed by atoms with Gasteiger partial charge in [-0.25, -0.2) is 0 Å². The van der Waals surface area contributed by atoms with E-state index in [1.54, 1.807) is 0 Å². The fourth-order valence-electron chi connectivity index (χ4n) is 2.43. The van der Waals surface area contributed by atoms with Crippen LogP contribution in [-0.2, 0) is 6.54 Å². The van der Waals surface area contributed by atoms with E-state index in [2.05, 4.69) is 26.8 Å². The van der Waals surface area contributed by atoms with Gasteiger partial charge >= 0.3 is 5.88 Å². The zero-order chi connectivity index (χ0) is 16.8. The molecule has 1 aromatic heterocycles. The highest BCUT2D eigenvalue weighted by atomic mass is 35.5. The Bertz CT molecular complexity index is 766. The number of hydrogen-bond acceptors (Lipinski definition) is 5. The Morgan fingerprint density at radius 1 is 1.08 bits per heavy atom. The van der Waals surface area contributed by atoms with Crippen molar-refractivity contribution in [2.24, 2.45) is 0 Å². The Morgan fingerprint density at radius 2 is 1.72 bits per heavy atom. The van der Waals surface area contributed by atoms with E-state index in [1.807, 2.05) is 55.6 Å². The second-order valence-electron chi connectivity index (χ2n) is 5.52. The summed E-state index contributed by atoms with van der Waals surface area (Å²) < 4.78 is 10.3. The molecule has 0 aliphatic heterocycles. The molecule has 0 saturated carbocycles. The lowest BCUT2D eigenvalue weighted by atomic mass is 10.2. The highest BCUT2D eigenvalue weighted by Gasteiger charge is 2.22. The van der Waals surface area contributed by atoms with Crippen LogP contribution in [0.2, 0.25) is 0 Å². The van der Waals surface area contributed by atoms with Crippen molar-refractivity contribution in [3.05, 3.63) is 71.4 Å². The molecule has 0 fully saturated rings. The van der Waals surface area contributed by atoms with Gasteiger partial charge in [-0.2, -0.15) is 0 Å². The quantitative estimate of drug-likeness (QED) is 0.605. The summed E-state index contributed by atoms with van der Waals surface area (Å²) in [5, 5.41) is 15.5. The molecule has 0 radical (unpaired) electrons. The molecule has 1 heterocycles. The van der Waals surface area contributed by atoms with Crippen LogP contribution in [0, 0.1) is 5.21 Å². The first-order chi connectivity index (χ1) is 11.7. The van der Waals surface area contributed by atoms with Gasteiger partial charge in [0.15, 0.2) is 0 Å². The van der Waals surface area contributed by atoms with Gasteiger partial charge in [0.1, 0.15) is 6.61 Å². The number of rotatable bonds is 7. The molecule has 6 nitrogen and oxygen atoms in total. The number of ether oxygens (including phenoxy) is 1. The molecule has 3 aromatic rings. The number of nitrogens with zero attached hydrogens (tertiary/aromatic N) is 3. The van der Waals surface area contributed by atoms with E-state index < -0.39 is 0 Å². The molecule has 0 aliphatic rings. The third-order valence-corrected chi connectivity index (χ3v) is 3.64. The van der Waals surface area contributed by atoms with Crippen LogP contribution in [0.15, 0.2) is 65.3 Å². The van der Waals surface area contributed by atoms with E-state index in [0.717, 1.165) is 6.54 Å². The van der Waals surface area contributed by atoms with Crippen LogP contribution in [0.25, 0.3) is 11.3 Å². The average Bonchev–Trinajstić information content (AvgIpc) is 2.97. The summed E-state index contributed by atoms with van der Waals surface area (Å²) in [7, 11) is 2.02. The van der Waals surface area contributed by atoms with Crippen molar-refractivity contribution in [2.45, 2.75) is 6.54 Å². The molecule has 0 N–H and O–H groups in total. The van der Waals surface area contributed by atoms with E-state index in [4.69, 9.17) is 4.74 Å². The van der Waals surface area contributed by atoms with Gasteiger partial charge in [0.05, 0.1) is 5.16 Å². The summed E-state index contributed by atoms with van der Waals surface area (Å²) in [4.78, 5) is 2.52. The van der Waals surface area contributed by atoms with Gasteiger partial charge in [-0.3, -0.25) is 9.53 Å². The predicted molar refractivity (Wildman–Crippen MR) is 96.4 cm³/mol. The molecule has 132 valence electrons. The zero-order valence-corrected chi connectivity index (χ0v) is 14.7. The van der Waals surface area contributed by atoms with Gasteiger partial charge in [-0.05, 0) is 17.5 Å². The van der Waals surface area contributed by atoms with Crippen molar-refractivity contribution in [3.8, 4) is 17.1 Å². The molecular weight excluding hydrogens is 342 g/mol. The molecule has 0 amide bonds. The Hall–Kier alpha value is -2.57. The minimum absolute atomic E-state index is 0. The van der Waals surface area contributed by atoms with Crippen LogP contribution in [-0.4, -0.2) is 30.3 Å². The molecule has 7 heteroatoms. The van der Waals surface area contributed by atoms with E-state index in [0.29, 0.717) is 29.3 Å². The fourth-order valence-corrected chi connectivity index (χ4v) is 2.43. The lowest BCUT2D eigenvalue weighted by molar-refractivity contribution is -0.793. The summed E-state index contributed by atoms with van der Waals surface area (Å²) in [5.74, 6) is 0.212. The SMILES string of the molecule is CN(CCOc1no[n+]([O-])c1-c1ccccc1)Cc1ccccc1.Cl. The Kier molecular flexibility index (Phi) is 6.80. The molecule has 25 heavy (non-hydrogen) atoms. The van der Waals surface area contributed by atoms with Gasteiger partial charge in [-0.1, -0.05) is 60.7 Å². The van der Waals surface area contributed by atoms with Crippen LogP contribution in [0.5, 0.6) is 5.88 Å². The number of halogens is 1. The minimum Gasteiger partial charge on any atom is -0.454 e. The zero-order valence-electron chi connectivity index (χ0n) is 13.9. The molecule has 0 aliphatic carbocycles. The molecule has 0 saturated heterocycles. The standard InChI is InChI=1S/C18H19N3O3.ClH/c1-20(14-15-8-4-2-5-9-15)12-13-23-18-17(21(22)24-19-18)16-10-6-3-7-11-16;/h2-11H,12-14H2,1H3;1H. The third kappa shape index (κ3) is 4.95. The van der Waals surface area contributed by atoms with Gasteiger partial charge in [-0.15, -0.1) is 12.4 Å². The second kappa shape index (κ2) is 9.05. The molecule has 0 bridgehead atoms. The van der Waals surface area contributed by atoms with Gasteiger partial charge < -0.3 is 9.94 Å². The first kappa shape index (κ1) is 18.8. The molecule has 3 rings (SSSR count). The first-order valence-corrected chi connectivity index (χ1v) is 7.74. The minimum atomic E-state index is 0. The number of benzene rings is 2. The van der Waals surface area contributed by atoms with Gasteiger partial charge in [0.2, 0.25) is 0 Å². The third-order valence-electron chi connectivity index (χ3n) is 3.64. The number of aromatic nitrogens is 2. The van der Waals surface area contributed by atoms with E-state index in [-0.39, 0.29) is 18.3 Å². The Balaban J connectivity index is 0.00000225. The average molecular weight is 362 g/mol. The maximum Gasteiger partial charge on any atom is 0.402 e. The maximum absolute atomic E-state index is 11.8. The largest absolute Gasteiger partial charge is 0.454 e. The van der Waals surface area contributed by atoms with E-state index in [9.17, 15) is 5.21 Å². The van der Waals surface area contributed by atoms with Crippen molar-refractivity contribution < 1.29 is 14.3 Å². The maximum atomic E-state index is 11.8. The molecule has 2 aromatic carbocycles. The van der Waals surface area contributed by atoms with Crippen molar-refractivity contribution >= 4 is 12.4 Å². The highest BCUT2D eigenvalue weighted by molar-refractivity contribution is 5.85. The van der Waals surface area contributed by atoms with Crippen LogP contribution < -0.4 is 9.64 Å². The molecule has 0 unspecified atom stereocenters. The lowest BCUT2D eigenvalue weighted by Crippen LogP contribution is -2.26. The first-order valence-electron chi connectivity index (χ1n) is 7.74. The monoisotopic (exact) mass is 361 g/mol. The van der Waals surface area contributed by atoms with Gasteiger partial charge in [0.25, 0.3) is 5.69 Å². The summed E-state index contributed by atoms with van der Waals surface area (Å²) in [6.07, 6.45) is 0. The van der Waals surface area contributed by atoms with Gasteiger partial charge in [0, 0.05) is 18.7 Å². The molecular formula is C18H20ClN3O3. The summed E-state index contributed by atoms with van der Waals surface area (Å²) in [6, 6.07) is 19.4. The number of hydrogen-bond donors (Lipinski definition) is 0. The van der Waals surface area contributed by atoms with Crippen LogP contribution in [0.1, 0.15) is 5.56 Å². The fraction of sp³-hybridized carbons (Fsp3) is 0.222. The Morgan fingerprint density at radius 3 is 2.40 bits per heavy atom. The Labute approximate surface area is 152 Å². The predicted octanol–water partition coefficient (Wildman–Crippen LogP) is 2.91. The smallest absolute Gasteiger partial charge is 0.402 e. The summed E-state index contributed by atoms with van der Waals surface area (Å²) in [6.45, 7) is 1.95. The summed E-state index contributed by atoms with van der Waals surface area (Å²) >= 11 is 0. The van der Waals surface area contributed by atoms with Crippen LogP contribution >= 0.6 is 12.4 Å². The van der Waals surface area contributed by atoms with Crippen LogP contribution in [0.3, 0.4) is 0 Å².